The molecule has 1 N–H and O–H groups in total. The van der Waals surface area contributed by atoms with Crippen molar-refractivity contribution < 1.29 is 14.5 Å². The number of rotatable bonds is 4. The number of hydrogen-bond acceptors (Lipinski definition) is 7. The summed E-state index contributed by atoms with van der Waals surface area (Å²) in [5.74, 6) is 1.15. The monoisotopic (exact) mass is 371 g/mol. The minimum Gasteiger partial charge on any atom is -0.453 e. The highest BCUT2D eigenvalue weighted by molar-refractivity contribution is 5.67. The van der Waals surface area contributed by atoms with Crippen LogP contribution in [0.15, 0.2) is 30.3 Å². The number of carbonyl (C=O) groups excluding carboxylic acids is 1. The zero-order chi connectivity index (χ0) is 19.4. The number of piperidine rings is 1. The molecule has 1 aromatic heterocycles. The van der Waals surface area contributed by atoms with Gasteiger partial charge in [0, 0.05) is 48.6 Å². The number of nitrogens with one attached hydrogen (secondary N) is 1. The summed E-state index contributed by atoms with van der Waals surface area (Å²) in [6, 6.07) is 8.04. The second kappa shape index (κ2) is 7.98. The molecule has 2 heterocycles. The first kappa shape index (κ1) is 18.6. The van der Waals surface area contributed by atoms with E-state index < -0.39 is 4.92 Å². The largest absolute Gasteiger partial charge is 0.453 e. The molecule has 0 saturated carbocycles. The minimum absolute atomic E-state index is 0.0230. The molecular weight excluding hydrogens is 350 g/mol. The molecule has 1 saturated heterocycles. The number of hydrogen-bond donors (Lipinski definition) is 1. The van der Waals surface area contributed by atoms with Crippen molar-refractivity contribution in [3.8, 4) is 11.4 Å². The molecule has 2 aromatic rings. The van der Waals surface area contributed by atoms with Crippen LogP contribution in [0.2, 0.25) is 0 Å². The normalized spacial score (nSPS) is 16.7. The second-order valence-corrected chi connectivity index (χ2v) is 6.42. The van der Waals surface area contributed by atoms with E-state index in [4.69, 9.17) is 4.74 Å². The molecule has 1 aromatic carbocycles. The number of benzene rings is 1. The smallest absolute Gasteiger partial charge is 0.409 e. The lowest BCUT2D eigenvalue weighted by molar-refractivity contribution is -0.384. The number of amides is 1. The summed E-state index contributed by atoms with van der Waals surface area (Å²) in [6.45, 7) is 3.09. The number of nitrogens with zero attached hydrogens (tertiary/aromatic N) is 4. The predicted molar refractivity (Wildman–Crippen MR) is 99.5 cm³/mol. The van der Waals surface area contributed by atoms with Gasteiger partial charge in [-0.15, -0.1) is 0 Å². The van der Waals surface area contributed by atoms with Crippen molar-refractivity contribution in [3.05, 3.63) is 46.1 Å². The third kappa shape index (κ3) is 4.49. The fourth-order valence-electron chi connectivity index (χ4n) is 3.10. The van der Waals surface area contributed by atoms with E-state index in [9.17, 15) is 14.9 Å². The van der Waals surface area contributed by atoms with Gasteiger partial charge in [0.05, 0.1) is 12.0 Å². The van der Waals surface area contributed by atoms with Crippen LogP contribution in [-0.2, 0) is 4.74 Å². The van der Waals surface area contributed by atoms with Gasteiger partial charge in [-0.3, -0.25) is 10.1 Å². The molecule has 1 amide bonds. The van der Waals surface area contributed by atoms with Gasteiger partial charge in [0.25, 0.3) is 5.69 Å². The van der Waals surface area contributed by atoms with E-state index in [1.54, 1.807) is 17.0 Å². The van der Waals surface area contributed by atoms with Gasteiger partial charge in [-0.1, -0.05) is 0 Å². The van der Waals surface area contributed by atoms with E-state index in [2.05, 4.69) is 15.3 Å². The van der Waals surface area contributed by atoms with Crippen LogP contribution in [0.25, 0.3) is 11.4 Å². The topological polar surface area (TPSA) is 110 Å². The Morgan fingerprint density at radius 1 is 1.33 bits per heavy atom. The molecule has 1 atom stereocenters. The quantitative estimate of drug-likeness (QED) is 0.649. The number of ether oxygens (including phenoxy) is 1. The van der Waals surface area contributed by atoms with Crippen molar-refractivity contribution in [2.24, 2.45) is 0 Å². The van der Waals surface area contributed by atoms with Gasteiger partial charge in [-0.25, -0.2) is 14.8 Å². The van der Waals surface area contributed by atoms with E-state index >= 15 is 0 Å². The lowest BCUT2D eigenvalue weighted by atomic mass is 10.1. The van der Waals surface area contributed by atoms with Gasteiger partial charge >= 0.3 is 6.09 Å². The molecule has 0 spiro atoms. The van der Waals surface area contributed by atoms with Crippen molar-refractivity contribution in [2.75, 3.05) is 25.5 Å². The van der Waals surface area contributed by atoms with E-state index in [0.29, 0.717) is 30.3 Å². The maximum atomic E-state index is 11.7. The molecule has 1 unspecified atom stereocenters. The van der Waals surface area contributed by atoms with Crippen molar-refractivity contribution in [1.29, 1.82) is 0 Å². The van der Waals surface area contributed by atoms with Gasteiger partial charge in [0.1, 0.15) is 5.82 Å². The van der Waals surface area contributed by atoms with Crippen molar-refractivity contribution in [2.45, 2.75) is 25.8 Å². The molecular formula is C18H21N5O4. The zero-order valence-electron chi connectivity index (χ0n) is 15.2. The Hall–Kier alpha value is -3.23. The van der Waals surface area contributed by atoms with Crippen LogP contribution in [0.3, 0.4) is 0 Å². The standard InChI is InChI=1S/C18H21N5O4/c1-12-10-16(20-14-4-3-9-22(11-14)18(24)27-2)21-17(19-12)13-5-7-15(8-6-13)23(25)26/h5-8,10,14H,3-4,9,11H2,1-2H3,(H,19,20,21). The Morgan fingerprint density at radius 3 is 2.74 bits per heavy atom. The van der Waals surface area contributed by atoms with Crippen molar-refractivity contribution in [3.63, 3.8) is 0 Å². The lowest BCUT2D eigenvalue weighted by Crippen LogP contribution is -2.45. The first-order chi connectivity index (χ1) is 13.0. The highest BCUT2D eigenvalue weighted by atomic mass is 16.6. The Balaban J connectivity index is 1.77. The fraction of sp³-hybridized carbons (Fsp3) is 0.389. The molecule has 1 aliphatic rings. The summed E-state index contributed by atoms with van der Waals surface area (Å²) in [4.78, 5) is 32.7. The van der Waals surface area contributed by atoms with Gasteiger partial charge in [0.15, 0.2) is 5.82 Å². The molecule has 3 rings (SSSR count). The van der Waals surface area contributed by atoms with Crippen molar-refractivity contribution >= 4 is 17.6 Å². The van der Waals surface area contributed by atoms with Crippen LogP contribution >= 0.6 is 0 Å². The summed E-state index contributed by atoms with van der Waals surface area (Å²) < 4.78 is 4.80. The summed E-state index contributed by atoms with van der Waals surface area (Å²) in [7, 11) is 1.38. The molecule has 27 heavy (non-hydrogen) atoms. The number of non-ortho nitro benzene ring substituents is 1. The first-order valence-corrected chi connectivity index (χ1v) is 8.66. The average molecular weight is 371 g/mol. The summed E-state index contributed by atoms with van der Waals surface area (Å²) in [5, 5.41) is 14.2. The van der Waals surface area contributed by atoms with Crippen LogP contribution in [0, 0.1) is 17.0 Å². The molecule has 0 radical (unpaired) electrons. The summed E-state index contributed by atoms with van der Waals surface area (Å²) in [5.41, 5.74) is 1.50. The predicted octanol–water partition coefficient (Wildman–Crippen LogP) is 3.00. The van der Waals surface area contributed by atoms with Crippen LogP contribution in [0.4, 0.5) is 16.3 Å². The third-order valence-corrected chi connectivity index (χ3v) is 4.40. The molecule has 0 aliphatic carbocycles. The van der Waals surface area contributed by atoms with Crippen LogP contribution < -0.4 is 5.32 Å². The van der Waals surface area contributed by atoms with Crippen molar-refractivity contribution in [1.82, 2.24) is 14.9 Å². The first-order valence-electron chi connectivity index (χ1n) is 8.66. The van der Waals surface area contributed by atoms with Gasteiger partial charge in [0.2, 0.25) is 0 Å². The molecule has 0 bridgehead atoms. The highest BCUT2D eigenvalue weighted by Crippen LogP contribution is 2.22. The molecule has 1 fully saturated rings. The van der Waals surface area contributed by atoms with E-state index in [1.807, 2.05) is 13.0 Å². The van der Waals surface area contributed by atoms with Gasteiger partial charge < -0.3 is 15.0 Å². The maximum absolute atomic E-state index is 11.7. The Bertz CT molecular complexity index is 840. The number of aryl methyl sites for hydroxylation is 1. The van der Waals surface area contributed by atoms with Gasteiger partial charge in [-0.2, -0.15) is 0 Å². The van der Waals surface area contributed by atoms with E-state index in [0.717, 1.165) is 18.5 Å². The Morgan fingerprint density at radius 2 is 2.07 bits per heavy atom. The fourth-order valence-corrected chi connectivity index (χ4v) is 3.10. The van der Waals surface area contributed by atoms with E-state index in [1.165, 1.54) is 19.2 Å². The molecule has 9 heteroatoms. The number of anilines is 1. The number of aromatic nitrogens is 2. The van der Waals surface area contributed by atoms with Crippen LogP contribution in [-0.4, -0.2) is 52.1 Å². The Kier molecular flexibility index (Phi) is 5.49. The average Bonchev–Trinajstić information content (AvgIpc) is 2.67. The number of methoxy groups -OCH3 is 1. The minimum atomic E-state index is -0.440. The zero-order valence-corrected chi connectivity index (χ0v) is 15.2. The number of likely N-dealkylation sites (tertiary alicyclic amines) is 1. The highest BCUT2D eigenvalue weighted by Gasteiger charge is 2.24. The Labute approximate surface area is 156 Å². The van der Waals surface area contributed by atoms with Gasteiger partial charge in [-0.05, 0) is 31.9 Å². The molecule has 9 nitrogen and oxygen atoms in total. The van der Waals surface area contributed by atoms with E-state index in [-0.39, 0.29) is 17.8 Å². The van der Waals surface area contributed by atoms with Crippen LogP contribution in [0.1, 0.15) is 18.5 Å². The second-order valence-electron chi connectivity index (χ2n) is 6.42. The maximum Gasteiger partial charge on any atom is 0.409 e. The number of carbonyl (C=O) groups is 1. The SMILES string of the molecule is COC(=O)N1CCCC(Nc2cc(C)nc(-c3ccc([N+](=O)[O-])cc3)n2)C1. The molecule has 142 valence electrons. The lowest BCUT2D eigenvalue weighted by Gasteiger charge is -2.32. The number of nitro groups is 1. The summed E-state index contributed by atoms with van der Waals surface area (Å²) >= 11 is 0. The third-order valence-electron chi connectivity index (χ3n) is 4.40. The molecule has 1 aliphatic heterocycles. The summed E-state index contributed by atoms with van der Waals surface area (Å²) in [6.07, 6.45) is 1.47. The van der Waals surface area contributed by atoms with Crippen LogP contribution in [0.5, 0.6) is 0 Å². The number of nitro benzene ring substituents is 1.